The molecule has 6 heteroatoms. The van der Waals surface area contributed by atoms with Crippen LogP contribution in [0, 0.1) is 0 Å². The van der Waals surface area contributed by atoms with E-state index in [1.165, 1.54) is 5.56 Å². The van der Waals surface area contributed by atoms with E-state index in [0.29, 0.717) is 22.3 Å². The van der Waals surface area contributed by atoms with Gasteiger partial charge in [0.15, 0.2) is 0 Å². The van der Waals surface area contributed by atoms with E-state index in [1.807, 2.05) is 42.5 Å². The van der Waals surface area contributed by atoms with Gasteiger partial charge in [-0.2, -0.15) is 0 Å². The number of anilines is 2. The predicted molar refractivity (Wildman–Crippen MR) is 120 cm³/mol. The molecule has 2 N–H and O–H groups in total. The number of benzene rings is 3. The highest BCUT2D eigenvalue weighted by Crippen LogP contribution is 2.25. The fourth-order valence-electron chi connectivity index (χ4n) is 2.78. The molecular weight excluding hydrogens is 407 g/mol. The van der Waals surface area contributed by atoms with Crippen molar-refractivity contribution in [2.75, 3.05) is 23.8 Å². The molecule has 0 aromatic heterocycles. The van der Waals surface area contributed by atoms with Gasteiger partial charge in [0, 0.05) is 16.8 Å². The first-order valence-electron chi connectivity index (χ1n) is 9.36. The average molecular weight is 429 g/mol. The van der Waals surface area contributed by atoms with Gasteiger partial charge in [0.25, 0.3) is 0 Å². The number of amides is 1. The normalized spacial score (nSPS) is 10.4. The van der Waals surface area contributed by atoms with Gasteiger partial charge in [-0.1, -0.05) is 59.6 Å². The first kappa shape index (κ1) is 21.0. The van der Waals surface area contributed by atoms with Crippen LogP contribution >= 0.6 is 23.2 Å². The van der Waals surface area contributed by atoms with Crippen LogP contribution in [0.2, 0.25) is 10.0 Å². The first-order valence-corrected chi connectivity index (χ1v) is 10.1. The lowest BCUT2D eigenvalue weighted by molar-refractivity contribution is -0.114. The number of hydrogen-bond acceptors (Lipinski definition) is 3. The van der Waals surface area contributed by atoms with Crippen molar-refractivity contribution in [1.29, 1.82) is 0 Å². The van der Waals surface area contributed by atoms with E-state index in [1.54, 1.807) is 18.2 Å². The largest absolute Gasteiger partial charge is 0.494 e. The van der Waals surface area contributed by atoms with Crippen molar-refractivity contribution in [3.63, 3.8) is 0 Å². The maximum Gasteiger partial charge on any atom is 0.243 e. The highest BCUT2D eigenvalue weighted by Gasteiger charge is 2.07. The molecule has 1 amide bonds. The summed E-state index contributed by atoms with van der Waals surface area (Å²) in [6.07, 6.45) is 1.91. The molecule has 0 heterocycles. The van der Waals surface area contributed by atoms with Crippen molar-refractivity contribution < 1.29 is 9.53 Å². The van der Waals surface area contributed by atoms with Crippen LogP contribution in [0.15, 0.2) is 72.8 Å². The molecule has 3 aromatic carbocycles. The molecule has 3 rings (SSSR count). The molecule has 0 bridgehead atoms. The quantitative estimate of drug-likeness (QED) is 0.407. The second-order valence-corrected chi connectivity index (χ2v) is 7.33. The minimum Gasteiger partial charge on any atom is -0.494 e. The third-order valence-corrected chi connectivity index (χ3v) is 4.78. The Labute approximate surface area is 180 Å². The lowest BCUT2D eigenvalue weighted by Crippen LogP contribution is -2.21. The van der Waals surface area contributed by atoms with E-state index in [2.05, 4.69) is 22.8 Å². The molecular formula is C23H22Cl2N2O2. The molecule has 0 radical (unpaired) electrons. The summed E-state index contributed by atoms with van der Waals surface area (Å²) in [7, 11) is 0. The van der Waals surface area contributed by atoms with Crippen LogP contribution in [0.25, 0.3) is 0 Å². The summed E-state index contributed by atoms with van der Waals surface area (Å²) in [5.41, 5.74) is 2.59. The molecule has 0 aliphatic rings. The summed E-state index contributed by atoms with van der Waals surface area (Å²) in [5, 5.41) is 6.78. The summed E-state index contributed by atoms with van der Waals surface area (Å²) >= 11 is 12.0. The van der Waals surface area contributed by atoms with Crippen molar-refractivity contribution >= 4 is 40.5 Å². The Kier molecular flexibility index (Phi) is 7.79. The third kappa shape index (κ3) is 7.00. The van der Waals surface area contributed by atoms with Crippen LogP contribution in [0.1, 0.15) is 12.0 Å². The fraction of sp³-hybridized carbons (Fsp3) is 0.174. The monoisotopic (exact) mass is 428 g/mol. The smallest absolute Gasteiger partial charge is 0.243 e. The number of halogens is 2. The molecule has 0 atom stereocenters. The number of rotatable bonds is 9. The molecule has 0 unspecified atom stereocenters. The van der Waals surface area contributed by atoms with Gasteiger partial charge in [0.05, 0.1) is 23.9 Å². The van der Waals surface area contributed by atoms with E-state index >= 15 is 0 Å². The Hall–Kier alpha value is -2.69. The van der Waals surface area contributed by atoms with Gasteiger partial charge in [0.1, 0.15) is 5.75 Å². The zero-order valence-electron chi connectivity index (χ0n) is 15.8. The molecule has 0 saturated heterocycles. The second-order valence-electron chi connectivity index (χ2n) is 6.49. The highest BCUT2D eigenvalue weighted by molar-refractivity contribution is 6.35. The Morgan fingerprint density at radius 3 is 2.59 bits per heavy atom. The van der Waals surface area contributed by atoms with Gasteiger partial charge in [-0.3, -0.25) is 4.79 Å². The number of ether oxygens (including phenoxy) is 1. The number of nitrogens with one attached hydrogen (secondary N) is 2. The van der Waals surface area contributed by atoms with Crippen molar-refractivity contribution in [2.24, 2.45) is 0 Å². The van der Waals surface area contributed by atoms with Crippen molar-refractivity contribution in [1.82, 2.24) is 0 Å². The average Bonchev–Trinajstić information content (AvgIpc) is 2.73. The maximum atomic E-state index is 12.2. The van der Waals surface area contributed by atoms with Gasteiger partial charge < -0.3 is 15.4 Å². The number of carbonyl (C=O) groups excluding carboxylic acids is 1. The Balaban J connectivity index is 1.44. The van der Waals surface area contributed by atoms with Crippen LogP contribution in [0.3, 0.4) is 0 Å². The summed E-state index contributed by atoms with van der Waals surface area (Å²) in [4.78, 5) is 12.2. The predicted octanol–water partition coefficient (Wildman–Crippen LogP) is 6.06. The topological polar surface area (TPSA) is 50.4 Å². The minimum atomic E-state index is -0.219. The summed E-state index contributed by atoms with van der Waals surface area (Å²) < 4.78 is 5.83. The molecule has 150 valence electrons. The van der Waals surface area contributed by atoms with Gasteiger partial charge in [-0.25, -0.2) is 0 Å². The fourth-order valence-corrected chi connectivity index (χ4v) is 3.11. The zero-order valence-corrected chi connectivity index (χ0v) is 17.3. The highest BCUT2D eigenvalue weighted by atomic mass is 35.5. The summed E-state index contributed by atoms with van der Waals surface area (Å²) in [6.45, 7) is 0.729. The van der Waals surface area contributed by atoms with E-state index in [0.717, 1.165) is 24.3 Å². The lowest BCUT2D eigenvalue weighted by Gasteiger charge is -2.11. The molecule has 3 aromatic rings. The van der Waals surface area contributed by atoms with Crippen LogP contribution in [0.4, 0.5) is 11.4 Å². The third-order valence-electron chi connectivity index (χ3n) is 4.21. The maximum absolute atomic E-state index is 12.2. The van der Waals surface area contributed by atoms with Crippen LogP contribution in [-0.2, 0) is 11.2 Å². The number of aryl methyl sites for hydroxylation is 1. The van der Waals surface area contributed by atoms with Crippen LogP contribution in [-0.4, -0.2) is 19.1 Å². The van der Waals surface area contributed by atoms with Crippen molar-refractivity contribution in [3.8, 4) is 5.75 Å². The lowest BCUT2D eigenvalue weighted by atomic mass is 10.1. The first-order chi connectivity index (χ1) is 14.1. The minimum absolute atomic E-state index is 0.0975. The Morgan fingerprint density at radius 1 is 0.931 bits per heavy atom. The van der Waals surface area contributed by atoms with Gasteiger partial charge in [-0.05, 0) is 48.7 Å². The summed E-state index contributed by atoms with van der Waals surface area (Å²) in [6, 6.07) is 22.8. The van der Waals surface area contributed by atoms with Gasteiger partial charge in [0.2, 0.25) is 5.91 Å². The van der Waals surface area contributed by atoms with Crippen molar-refractivity contribution in [3.05, 3.63) is 88.4 Å². The molecule has 0 fully saturated rings. The molecule has 4 nitrogen and oxygen atoms in total. The van der Waals surface area contributed by atoms with Crippen LogP contribution in [0.5, 0.6) is 5.75 Å². The van der Waals surface area contributed by atoms with Crippen molar-refractivity contribution in [2.45, 2.75) is 12.8 Å². The molecule has 0 spiro atoms. The summed E-state index contributed by atoms with van der Waals surface area (Å²) in [5.74, 6) is 0.546. The Morgan fingerprint density at radius 2 is 1.76 bits per heavy atom. The van der Waals surface area contributed by atoms with E-state index in [-0.39, 0.29) is 12.5 Å². The molecule has 0 saturated carbocycles. The molecule has 0 aliphatic carbocycles. The molecule has 0 aliphatic heterocycles. The van der Waals surface area contributed by atoms with E-state index in [4.69, 9.17) is 27.9 Å². The molecule has 29 heavy (non-hydrogen) atoms. The zero-order chi connectivity index (χ0) is 20.5. The van der Waals surface area contributed by atoms with E-state index in [9.17, 15) is 4.79 Å². The van der Waals surface area contributed by atoms with Gasteiger partial charge in [-0.15, -0.1) is 0 Å². The standard InChI is InChI=1S/C23H22Cl2N2O2/c24-18-11-12-21(25)22(14-18)27-23(28)16-26-19-9-4-10-20(15-19)29-13-5-8-17-6-2-1-3-7-17/h1-4,6-7,9-12,14-15,26H,5,8,13,16H2,(H,27,28). The SMILES string of the molecule is O=C(CNc1cccc(OCCCc2ccccc2)c1)Nc1cc(Cl)ccc1Cl. The Bertz CT molecular complexity index is 949. The van der Waals surface area contributed by atoms with E-state index < -0.39 is 0 Å². The second kappa shape index (κ2) is 10.7. The van der Waals surface area contributed by atoms with Crippen LogP contribution < -0.4 is 15.4 Å². The number of hydrogen-bond donors (Lipinski definition) is 2. The number of carbonyl (C=O) groups is 1. The van der Waals surface area contributed by atoms with Gasteiger partial charge >= 0.3 is 0 Å².